The molecule has 0 atom stereocenters. The lowest BCUT2D eigenvalue weighted by Crippen LogP contribution is -2.03. The fourth-order valence-corrected chi connectivity index (χ4v) is 2.42. The predicted molar refractivity (Wildman–Crippen MR) is 79.3 cm³/mol. The molecular weight excluding hydrogens is 252 g/mol. The summed E-state index contributed by atoms with van der Waals surface area (Å²) in [4.78, 5) is 11.6. The van der Waals surface area contributed by atoms with E-state index < -0.39 is 0 Å². The van der Waals surface area contributed by atoms with Crippen molar-refractivity contribution in [1.82, 2.24) is 0 Å². The Morgan fingerprint density at radius 2 is 1.95 bits per heavy atom. The smallest absolute Gasteiger partial charge is 0.259 e. The summed E-state index contributed by atoms with van der Waals surface area (Å²) in [5.41, 5.74) is 10.5. The van der Waals surface area contributed by atoms with Gasteiger partial charge in [-0.05, 0) is 35.7 Å². The maximum atomic E-state index is 11.6. The molecule has 0 aliphatic carbocycles. The summed E-state index contributed by atoms with van der Waals surface area (Å²) in [6, 6.07) is 13.4. The molecular formula is C16H14N2O2. The molecule has 4 N–H and O–H groups in total. The van der Waals surface area contributed by atoms with Crippen LogP contribution < -0.4 is 11.1 Å². The lowest BCUT2D eigenvalue weighted by atomic mass is 10.0. The van der Waals surface area contributed by atoms with Crippen molar-refractivity contribution in [2.75, 3.05) is 11.1 Å². The second-order valence-electron chi connectivity index (χ2n) is 4.80. The molecule has 0 radical (unpaired) electrons. The van der Waals surface area contributed by atoms with E-state index in [1.54, 1.807) is 0 Å². The minimum atomic E-state index is -0.274. The number of hydrogen-bond acceptors (Lipinski definition) is 3. The molecule has 3 rings (SSSR count). The zero-order valence-corrected chi connectivity index (χ0v) is 10.8. The van der Waals surface area contributed by atoms with Gasteiger partial charge in [0.15, 0.2) is 0 Å². The van der Waals surface area contributed by atoms with Crippen LogP contribution in [-0.4, -0.2) is 11.0 Å². The highest BCUT2D eigenvalue weighted by Gasteiger charge is 2.24. The molecule has 2 aromatic rings. The first-order valence-corrected chi connectivity index (χ1v) is 6.31. The maximum absolute atomic E-state index is 11.6. The Hall–Kier alpha value is -2.75. The molecule has 0 unspecified atom stereocenters. The molecule has 20 heavy (non-hydrogen) atoms. The molecule has 0 aromatic heterocycles. The van der Waals surface area contributed by atoms with Gasteiger partial charge in [-0.2, -0.15) is 0 Å². The standard InChI is InChI=1S/C16H14N2O2/c17-12-3-1-2-10(7-12)6-11-4-5-13-14(9-19)16(20)18-15(13)8-11/h1-5,7-9,19H,6,17H2,(H,18,20). The van der Waals surface area contributed by atoms with Crippen LogP contribution in [0.1, 0.15) is 16.7 Å². The number of anilines is 2. The van der Waals surface area contributed by atoms with E-state index in [1.807, 2.05) is 42.5 Å². The van der Waals surface area contributed by atoms with Gasteiger partial charge in [0.05, 0.1) is 11.8 Å². The molecule has 0 bridgehead atoms. The number of aliphatic hydroxyl groups is 1. The summed E-state index contributed by atoms with van der Waals surface area (Å²) < 4.78 is 0. The van der Waals surface area contributed by atoms with Crippen molar-refractivity contribution in [3.63, 3.8) is 0 Å². The molecule has 100 valence electrons. The van der Waals surface area contributed by atoms with Crippen molar-refractivity contribution in [2.24, 2.45) is 0 Å². The van der Waals surface area contributed by atoms with E-state index in [-0.39, 0.29) is 5.91 Å². The molecule has 1 aliphatic rings. The summed E-state index contributed by atoms with van der Waals surface area (Å²) >= 11 is 0. The molecule has 0 saturated carbocycles. The maximum Gasteiger partial charge on any atom is 0.259 e. The zero-order chi connectivity index (χ0) is 14.1. The Balaban J connectivity index is 1.91. The summed E-state index contributed by atoms with van der Waals surface area (Å²) in [6.45, 7) is 0. The van der Waals surface area contributed by atoms with Gasteiger partial charge in [-0.1, -0.05) is 24.3 Å². The van der Waals surface area contributed by atoms with Crippen LogP contribution in [0.3, 0.4) is 0 Å². The van der Waals surface area contributed by atoms with Crippen molar-refractivity contribution >= 4 is 22.9 Å². The SMILES string of the molecule is Nc1cccc(Cc2ccc3c(c2)NC(=O)C3=CO)c1. The van der Waals surface area contributed by atoms with Crippen molar-refractivity contribution < 1.29 is 9.90 Å². The van der Waals surface area contributed by atoms with E-state index >= 15 is 0 Å². The van der Waals surface area contributed by atoms with Gasteiger partial charge in [0, 0.05) is 16.9 Å². The van der Waals surface area contributed by atoms with E-state index in [0.717, 1.165) is 40.7 Å². The van der Waals surface area contributed by atoms with Gasteiger partial charge in [-0.25, -0.2) is 0 Å². The van der Waals surface area contributed by atoms with E-state index in [2.05, 4.69) is 5.32 Å². The van der Waals surface area contributed by atoms with Crippen molar-refractivity contribution in [2.45, 2.75) is 6.42 Å². The highest BCUT2D eigenvalue weighted by molar-refractivity contribution is 6.31. The van der Waals surface area contributed by atoms with Crippen LogP contribution in [0.25, 0.3) is 5.57 Å². The summed E-state index contributed by atoms with van der Waals surface area (Å²) in [7, 11) is 0. The van der Waals surface area contributed by atoms with Crippen LogP contribution in [0.4, 0.5) is 11.4 Å². The third-order valence-corrected chi connectivity index (χ3v) is 3.36. The monoisotopic (exact) mass is 266 g/mol. The number of carbonyl (C=O) groups excluding carboxylic acids is 1. The number of nitrogens with two attached hydrogens (primary N) is 1. The minimum absolute atomic E-state index is 0.274. The number of carbonyl (C=O) groups is 1. The molecule has 0 saturated heterocycles. The third-order valence-electron chi connectivity index (χ3n) is 3.36. The second-order valence-corrected chi connectivity index (χ2v) is 4.80. The highest BCUT2D eigenvalue weighted by Crippen LogP contribution is 2.32. The number of amides is 1. The number of aliphatic hydroxyl groups excluding tert-OH is 1. The normalized spacial score (nSPS) is 15.2. The first-order valence-electron chi connectivity index (χ1n) is 6.31. The number of rotatable bonds is 2. The zero-order valence-electron chi connectivity index (χ0n) is 10.8. The van der Waals surface area contributed by atoms with Gasteiger partial charge in [-0.3, -0.25) is 4.79 Å². The Morgan fingerprint density at radius 3 is 2.70 bits per heavy atom. The largest absolute Gasteiger partial charge is 0.515 e. The summed E-state index contributed by atoms with van der Waals surface area (Å²) in [5, 5.41) is 11.8. The topological polar surface area (TPSA) is 75.3 Å². The molecule has 4 heteroatoms. The highest BCUT2D eigenvalue weighted by atomic mass is 16.2. The first kappa shape index (κ1) is 12.3. The molecule has 1 aliphatic heterocycles. The van der Waals surface area contributed by atoms with Gasteiger partial charge in [0.25, 0.3) is 5.91 Å². The molecule has 0 fully saturated rings. The lowest BCUT2D eigenvalue weighted by Gasteiger charge is -2.05. The van der Waals surface area contributed by atoms with E-state index in [0.29, 0.717) is 5.57 Å². The number of benzene rings is 2. The van der Waals surface area contributed by atoms with E-state index in [1.165, 1.54) is 0 Å². The van der Waals surface area contributed by atoms with Crippen LogP contribution in [0.15, 0.2) is 48.7 Å². The van der Waals surface area contributed by atoms with Gasteiger partial charge < -0.3 is 16.2 Å². The molecule has 2 aromatic carbocycles. The van der Waals surface area contributed by atoms with E-state index in [4.69, 9.17) is 10.8 Å². The Labute approximate surface area is 116 Å². The van der Waals surface area contributed by atoms with Crippen LogP contribution in [0, 0.1) is 0 Å². The summed E-state index contributed by atoms with van der Waals surface area (Å²) in [6.07, 6.45) is 1.59. The Kier molecular flexibility index (Phi) is 2.91. The number of nitrogen functional groups attached to an aromatic ring is 1. The quantitative estimate of drug-likeness (QED) is 0.444. The predicted octanol–water partition coefficient (Wildman–Crippen LogP) is 2.71. The van der Waals surface area contributed by atoms with Crippen molar-refractivity contribution in [3.05, 3.63) is 65.4 Å². The van der Waals surface area contributed by atoms with Gasteiger partial charge in [-0.15, -0.1) is 0 Å². The third kappa shape index (κ3) is 2.12. The fraction of sp³-hybridized carbons (Fsp3) is 0.0625. The molecule has 1 amide bonds. The van der Waals surface area contributed by atoms with Crippen LogP contribution in [0.5, 0.6) is 0 Å². The van der Waals surface area contributed by atoms with Crippen molar-refractivity contribution in [1.29, 1.82) is 0 Å². The summed E-state index contributed by atoms with van der Waals surface area (Å²) in [5.74, 6) is -0.274. The van der Waals surface area contributed by atoms with Crippen LogP contribution >= 0.6 is 0 Å². The van der Waals surface area contributed by atoms with Crippen LogP contribution in [-0.2, 0) is 11.2 Å². The van der Waals surface area contributed by atoms with E-state index in [9.17, 15) is 4.79 Å². The Bertz CT molecular complexity index is 720. The molecule has 0 spiro atoms. The number of fused-ring (bicyclic) bond motifs is 1. The molecule has 1 heterocycles. The second kappa shape index (κ2) is 4.74. The number of hydrogen-bond donors (Lipinski definition) is 3. The first-order chi connectivity index (χ1) is 9.67. The van der Waals surface area contributed by atoms with Gasteiger partial charge >= 0.3 is 0 Å². The average Bonchev–Trinajstić information content (AvgIpc) is 2.73. The van der Waals surface area contributed by atoms with Crippen LogP contribution in [0.2, 0.25) is 0 Å². The Morgan fingerprint density at radius 1 is 1.15 bits per heavy atom. The van der Waals surface area contributed by atoms with Crippen molar-refractivity contribution in [3.8, 4) is 0 Å². The minimum Gasteiger partial charge on any atom is -0.515 e. The average molecular weight is 266 g/mol. The van der Waals surface area contributed by atoms with Gasteiger partial charge in [0.1, 0.15) is 0 Å². The number of nitrogens with one attached hydrogen (secondary N) is 1. The fourth-order valence-electron chi connectivity index (χ4n) is 2.42. The lowest BCUT2D eigenvalue weighted by molar-refractivity contribution is -0.110. The van der Waals surface area contributed by atoms with Gasteiger partial charge in [0.2, 0.25) is 0 Å². The molecule has 4 nitrogen and oxygen atoms in total.